The number of carbonyl (C=O) groups excluding carboxylic acids is 1. The number of isocyanates is 1. The normalized spacial score (nSPS) is 20.7. The van der Waals surface area contributed by atoms with Crippen molar-refractivity contribution in [2.45, 2.75) is 50.2 Å². The minimum atomic E-state index is -0.491. The van der Waals surface area contributed by atoms with E-state index in [0.717, 1.165) is 67.1 Å². The van der Waals surface area contributed by atoms with Gasteiger partial charge in [-0.15, -0.1) is 0 Å². The number of aliphatic imine (C=N–C) groups is 1. The zero-order valence-electron chi connectivity index (χ0n) is 13.5. The smallest absolute Gasteiger partial charge is 0.235 e. The summed E-state index contributed by atoms with van der Waals surface area (Å²) in [5.41, 5.74) is 0.491. The monoisotopic (exact) mass is 333 g/mol. The molecule has 0 spiro atoms. The van der Waals surface area contributed by atoms with E-state index in [1.54, 1.807) is 13.2 Å². The third-order valence-corrected chi connectivity index (χ3v) is 5.89. The van der Waals surface area contributed by atoms with E-state index in [4.69, 9.17) is 9.47 Å². The lowest BCUT2D eigenvalue weighted by Crippen LogP contribution is -2.26. The van der Waals surface area contributed by atoms with Crippen LogP contribution in [0.5, 0.6) is 11.5 Å². The quantitative estimate of drug-likeness (QED) is 0.602. The van der Waals surface area contributed by atoms with Gasteiger partial charge in [0.05, 0.1) is 7.11 Å². The lowest BCUT2D eigenvalue weighted by molar-refractivity contribution is 0.179. The van der Waals surface area contributed by atoms with Gasteiger partial charge in [-0.2, -0.15) is 16.8 Å². The van der Waals surface area contributed by atoms with Gasteiger partial charge < -0.3 is 9.47 Å². The van der Waals surface area contributed by atoms with E-state index < -0.39 is 5.54 Å². The molecule has 0 bridgehead atoms. The van der Waals surface area contributed by atoms with Crippen LogP contribution in [0.4, 0.5) is 0 Å². The molecule has 1 aliphatic heterocycles. The van der Waals surface area contributed by atoms with E-state index in [9.17, 15) is 4.79 Å². The Morgan fingerprint density at radius 3 is 2.65 bits per heavy atom. The van der Waals surface area contributed by atoms with E-state index in [1.807, 2.05) is 30.0 Å². The molecular weight excluding hydrogens is 310 g/mol. The highest BCUT2D eigenvalue weighted by atomic mass is 32.2. The van der Waals surface area contributed by atoms with Gasteiger partial charge in [-0.3, -0.25) is 0 Å². The minimum absolute atomic E-state index is 0.213. The maximum Gasteiger partial charge on any atom is 0.235 e. The van der Waals surface area contributed by atoms with Crippen LogP contribution in [0, 0.1) is 0 Å². The maximum atomic E-state index is 11.0. The molecule has 0 aromatic heterocycles. The molecule has 4 nitrogen and oxygen atoms in total. The summed E-state index contributed by atoms with van der Waals surface area (Å²) in [5, 5.41) is 0. The Morgan fingerprint density at radius 1 is 1.26 bits per heavy atom. The van der Waals surface area contributed by atoms with Crippen molar-refractivity contribution in [2.24, 2.45) is 4.99 Å². The van der Waals surface area contributed by atoms with Crippen LogP contribution in [0.15, 0.2) is 23.2 Å². The number of ether oxygens (including phenoxy) is 2. The van der Waals surface area contributed by atoms with E-state index >= 15 is 0 Å². The molecule has 2 fully saturated rings. The van der Waals surface area contributed by atoms with Gasteiger partial charge >= 0.3 is 0 Å². The Hall–Kier alpha value is -1.45. The predicted octanol–water partition coefficient (Wildman–Crippen LogP) is 4.07. The van der Waals surface area contributed by atoms with Crippen molar-refractivity contribution in [3.8, 4) is 11.5 Å². The van der Waals surface area contributed by atoms with Crippen molar-refractivity contribution in [1.82, 2.24) is 0 Å². The fourth-order valence-electron chi connectivity index (χ4n) is 3.61. The second-order valence-electron chi connectivity index (χ2n) is 6.21. The third kappa shape index (κ3) is 3.41. The maximum absolute atomic E-state index is 11.0. The predicted molar refractivity (Wildman–Crippen MR) is 92.2 cm³/mol. The first-order valence-electron chi connectivity index (χ1n) is 8.30. The highest BCUT2D eigenvalue weighted by Crippen LogP contribution is 2.48. The summed E-state index contributed by atoms with van der Waals surface area (Å²) in [6, 6.07) is 5.91. The minimum Gasteiger partial charge on any atom is -0.493 e. The molecular formula is C18H23NO3S. The van der Waals surface area contributed by atoms with Gasteiger partial charge in [-0.1, -0.05) is 25.0 Å². The number of rotatable bonds is 5. The van der Waals surface area contributed by atoms with Crippen LogP contribution >= 0.6 is 11.8 Å². The Kier molecular flexibility index (Phi) is 5.29. The van der Waals surface area contributed by atoms with Gasteiger partial charge in [0.25, 0.3) is 0 Å². The Balaban J connectivity index is 2.00. The molecule has 124 valence electrons. The first-order chi connectivity index (χ1) is 11.3. The van der Waals surface area contributed by atoms with Gasteiger partial charge in [0.1, 0.15) is 11.6 Å². The van der Waals surface area contributed by atoms with Crippen LogP contribution in [0.2, 0.25) is 0 Å². The van der Waals surface area contributed by atoms with Crippen LogP contribution in [0.25, 0.3) is 0 Å². The van der Waals surface area contributed by atoms with Crippen LogP contribution in [-0.2, 0) is 10.3 Å². The lowest BCUT2D eigenvalue weighted by Gasteiger charge is -2.30. The van der Waals surface area contributed by atoms with Crippen molar-refractivity contribution in [3.05, 3.63) is 23.8 Å². The fraction of sp³-hybridized carbons (Fsp3) is 0.611. The highest BCUT2D eigenvalue weighted by Gasteiger charge is 2.39. The van der Waals surface area contributed by atoms with E-state index in [1.165, 1.54) is 0 Å². The zero-order chi connectivity index (χ0) is 16.1. The van der Waals surface area contributed by atoms with Gasteiger partial charge in [0.15, 0.2) is 11.5 Å². The molecule has 0 unspecified atom stereocenters. The van der Waals surface area contributed by atoms with Crippen molar-refractivity contribution in [1.29, 1.82) is 0 Å². The third-order valence-electron chi connectivity index (χ3n) is 4.84. The second-order valence-corrected chi connectivity index (χ2v) is 7.43. The average molecular weight is 333 g/mol. The Labute approximate surface area is 141 Å². The molecule has 1 heterocycles. The number of methoxy groups -OCH3 is 1. The van der Waals surface area contributed by atoms with Crippen molar-refractivity contribution in [2.75, 3.05) is 18.6 Å². The van der Waals surface area contributed by atoms with Gasteiger partial charge in [0.2, 0.25) is 6.08 Å². The second kappa shape index (κ2) is 7.41. The van der Waals surface area contributed by atoms with Crippen LogP contribution in [0.1, 0.15) is 44.1 Å². The topological polar surface area (TPSA) is 47.9 Å². The molecule has 23 heavy (non-hydrogen) atoms. The standard InChI is InChI=1S/C18H23NO3S/c1-21-16-6-4-5-15(18(19-13-20)9-2-3-10-18)17(16)22-14-7-11-23-12-8-14/h4-6,14H,2-3,7-12H2,1H3. The lowest BCUT2D eigenvalue weighted by atomic mass is 9.88. The summed E-state index contributed by atoms with van der Waals surface area (Å²) in [7, 11) is 1.66. The number of hydrogen-bond acceptors (Lipinski definition) is 5. The first kappa shape index (κ1) is 16.4. The summed E-state index contributed by atoms with van der Waals surface area (Å²) in [5.74, 6) is 3.76. The van der Waals surface area contributed by atoms with Crippen LogP contribution < -0.4 is 9.47 Å². The van der Waals surface area contributed by atoms with Gasteiger partial charge in [-0.05, 0) is 43.3 Å². The molecule has 1 saturated carbocycles. The largest absolute Gasteiger partial charge is 0.493 e. The molecule has 0 atom stereocenters. The van der Waals surface area contributed by atoms with Gasteiger partial charge in [0, 0.05) is 5.56 Å². The summed E-state index contributed by atoms with van der Waals surface area (Å²) in [4.78, 5) is 15.2. The molecule has 0 N–H and O–H groups in total. The molecule has 1 aliphatic carbocycles. The van der Waals surface area contributed by atoms with Crippen LogP contribution in [0.3, 0.4) is 0 Å². The molecule has 0 radical (unpaired) electrons. The Bertz CT molecular complexity index is 586. The average Bonchev–Trinajstić information content (AvgIpc) is 3.06. The molecule has 5 heteroatoms. The summed E-state index contributed by atoms with van der Waals surface area (Å²) >= 11 is 1.97. The van der Waals surface area contributed by atoms with Crippen molar-refractivity contribution < 1.29 is 14.3 Å². The molecule has 3 rings (SSSR count). The molecule has 2 aliphatic rings. The SMILES string of the molecule is COc1cccc(C2(N=C=O)CCCC2)c1OC1CCSCC1. The van der Waals surface area contributed by atoms with E-state index in [-0.39, 0.29) is 6.10 Å². The number of nitrogens with zero attached hydrogens (tertiary/aromatic N) is 1. The molecule has 1 saturated heterocycles. The molecule has 0 amide bonds. The number of hydrogen-bond donors (Lipinski definition) is 0. The summed E-state index contributed by atoms with van der Waals surface area (Å²) in [6.07, 6.45) is 7.98. The van der Waals surface area contributed by atoms with Crippen LogP contribution in [-0.4, -0.2) is 30.8 Å². The highest BCUT2D eigenvalue weighted by molar-refractivity contribution is 7.99. The molecule has 1 aromatic carbocycles. The number of benzene rings is 1. The number of thioether (sulfide) groups is 1. The Morgan fingerprint density at radius 2 is 2.00 bits per heavy atom. The fourth-order valence-corrected chi connectivity index (χ4v) is 4.68. The summed E-state index contributed by atoms with van der Waals surface area (Å²) < 4.78 is 11.9. The summed E-state index contributed by atoms with van der Waals surface area (Å²) in [6.45, 7) is 0. The molecule has 1 aromatic rings. The zero-order valence-corrected chi connectivity index (χ0v) is 14.4. The first-order valence-corrected chi connectivity index (χ1v) is 9.45. The van der Waals surface area contributed by atoms with E-state index in [0.29, 0.717) is 0 Å². The van der Waals surface area contributed by atoms with Crippen molar-refractivity contribution >= 4 is 17.8 Å². The number of para-hydroxylation sites is 1. The van der Waals surface area contributed by atoms with Crippen molar-refractivity contribution in [3.63, 3.8) is 0 Å². The van der Waals surface area contributed by atoms with Gasteiger partial charge in [-0.25, -0.2) is 4.79 Å². The van der Waals surface area contributed by atoms with E-state index in [2.05, 4.69) is 4.99 Å².